The maximum Gasteiger partial charge on any atom is 0.338 e. The highest BCUT2D eigenvalue weighted by atomic mass is 32.2. The van der Waals surface area contributed by atoms with Gasteiger partial charge in [0.15, 0.2) is 4.34 Å². The van der Waals surface area contributed by atoms with Gasteiger partial charge in [-0.3, -0.25) is 4.79 Å². The number of amides is 1. The van der Waals surface area contributed by atoms with Crippen molar-refractivity contribution in [2.24, 2.45) is 0 Å². The molecule has 5 nitrogen and oxygen atoms in total. The first-order valence-corrected chi connectivity index (χ1v) is 9.57. The molecular formula is C17H20N2O3S2. The Kier molecular flexibility index (Phi) is 7.27. The Hall–Kier alpha value is -1.86. The van der Waals surface area contributed by atoms with E-state index in [1.165, 1.54) is 23.1 Å². The Morgan fingerprint density at radius 1 is 1.29 bits per heavy atom. The van der Waals surface area contributed by atoms with Crippen LogP contribution < -0.4 is 5.32 Å². The summed E-state index contributed by atoms with van der Waals surface area (Å²) in [5.74, 6) is -0.143. The van der Waals surface area contributed by atoms with Gasteiger partial charge in [0.1, 0.15) is 0 Å². The molecule has 1 N–H and O–H groups in total. The summed E-state index contributed by atoms with van der Waals surface area (Å²) in [5, 5.41) is 4.76. The number of carbonyl (C=O) groups is 2. The first kappa shape index (κ1) is 18.5. The fraction of sp³-hybridized carbons (Fsp3) is 0.353. The highest BCUT2D eigenvalue weighted by Gasteiger charge is 2.09. The Morgan fingerprint density at radius 2 is 2.04 bits per heavy atom. The number of nitrogens with zero attached hydrogens (tertiary/aromatic N) is 1. The van der Waals surface area contributed by atoms with Gasteiger partial charge in [-0.15, -0.1) is 11.3 Å². The average Bonchev–Trinajstić information content (AvgIpc) is 2.99. The van der Waals surface area contributed by atoms with Crippen molar-refractivity contribution in [3.63, 3.8) is 0 Å². The highest BCUT2D eigenvalue weighted by Crippen LogP contribution is 2.22. The Bertz CT molecular complexity index is 683. The number of thiazole rings is 1. The number of carbonyl (C=O) groups excluding carboxylic acids is 2. The van der Waals surface area contributed by atoms with Crippen LogP contribution in [0, 0.1) is 6.92 Å². The van der Waals surface area contributed by atoms with Crippen molar-refractivity contribution in [1.82, 2.24) is 4.98 Å². The molecule has 0 saturated carbocycles. The lowest BCUT2D eigenvalue weighted by atomic mass is 10.2. The van der Waals surface area contributed by atoms with Gasteiger partial charge in [-0.2, -0.15) is 0 Å². The number of nitrogens with one attached hydrogen (secondary N) is 1. The number of benzene rings is 1. The smallest absolute Gasteiger partial charge is 0.338 e. The first-order valence-electron chi connectivity index (χ1n) is 7.70. The minimum atomic E-state index is -0.337. The molecule has 128 valence electrons. The molecule has 0 aliphatic rings. The molecule has 2 rings (SSSR count). The monoisotopic (exact) mass is 364 g/mol. The Labute approximate surface area is 149 Å². The number of rotatable bonds is 8. The molecule has 0 spiro atoms. The number of aryl methyl sites for hydroxylation is 1. The molecular weight excluding hydrogens is 344 g/mol. The van der Waals surface area contributed by atoms with E-state index in [2.05, 4.69) is 10.3 Å². The number of unbranched alkanes of at least 4 members (excludes halogenated alkanes) is 1. The predicted octanol–water partition coefficient (Wildman–Crippen LogP) is 4.14. The normalized spacial score (nSPS) is 10.4. The fourth-order valence-corrected chi connectivity index (χ4v) is 3.45. The van der Waals surface area contributed by atoms with Crippen molar-refractivity contribution in [2.45, 2.75) is 31.0 Å². The van der Waals surface area contributed by atoms with E-state index in [0.29, 0.717) is 23.6 Å². The zero-order valence-corrected chi connectivity index (χ0v) is 15.3. The largest absolute Gasteiger partial charge is 0.462 e. The van der Waals surface area contributed by atoms with Crippen LogP contribution in [0.3, 0.4) is 0 Å². The van der Waals surface area contributed by atoms with Gasteiger partial charge < -0.3 is 10.1 Å². The molecule has 0 atom stereocenters. The Morgan fingerprint density at radius 3 is 2.67 bits per heavy atom. The van der Waals surface area contributed by atoms with Crippen molar-refractivity contribution in [3.8, 4) is 0 Å². The van der Waals surface area contributed by atoms with Gasteiger partial charge in [-0.25, -0.2) is 9.78 Å². The van der Waals surface area contributed by atoms with Crippen LogP contribution in [0.2, 0.25) is 0 Å². The molecule has 0 radical (unpaired) electrons. The minimum Gasteiger partial charge on any atom is -0.462 e. The standard InChI is InChI=1S/C17H20N2O3S2/c1-3-4-9-22-16(21)13-5-7-14(8-6-13)19-15(20)11-24-17-18-12(2)10-23-17/h5-8,10H,3-4,9,11H2,1-2H3,(H,19,20). The second kappa shape index (κ2) is 9.44. The maximum absolute atomic E-state index is 11.9. The number of esters is 1. The first-order chi connectivity index (χ1) is 11.6. The lowest BCUT2D eigenvalue weighted by Crippen LogP contribution is -2.14. The van der Waals surface area contributed by atoms with Crippen LogP contribution in [0.15, 0.2) is 34.0 Å². The molecule has 1 aromatic carbocycles. The number of anilines is 1. The van der Waals surface area contributed by atoms with Crippen LogP contribution in [0.4, 0.5) is 5.69 Å². The van der Waals surface area contributed by atoms with Crippen molar-refractivity contribution < 1.29 is 14.3 Å². The van der Waals surface area contributed by atoms with Crippen LogP contribution in [0.5, 0.6) is 0 Å². The van der Waals surface area contributed by atoms with Gasteiger partial charge in [-0.1, -0.05) is 25.1 Å². The second-order valence-corrected chi connectivity index (χ2v) is 7.24. The number of aromatic nitrogens is 1. The molecule has 24 heavy (non-hydrogen) atoms. The van der Waals surface area contributed by atoms with E-state index in [1.54, 1.807) is 24.3 Å². The molecule has 1 heterocycles. The molecule has 0 aliphatic heterocycles. The average molecular weight is 364 g/mol. The van der Waals surface area contributed by atoms with E-state index in [4.69, 9.17) is 4.74 Å². The third-order valence-electron chi connectivity index (χ3n) is 3.06. The number of hydrogen-bond donors (Lipinski definition) is 1. The molecule has 7 heteroatoms. The molecule has 0 bridgehead atoms. The molecule has 0 unspecified atom stereocenters. The lowest BCUT2D eigenvalue weighted by molar-refractivity contribution is -0.113. The number of hydrogen-bond acceptors (Lipinski definition) is 6. The van der Waals surface area contributed by atoms with Gasteiger partial charge >= 0.3 is 5.97 Å². The van der Waals surface area contributed by atoms with Crippen molar-refractivity contribution in [3.05, 3.63) is 40.9 Å². The van der Waals surface area contributed by atoms with Crippen LogP contribution in [0.1, 0.15) is 35.8 Å². The molecule has 0 fully saturated rings. The zero-order valence-electron chi connectivity index (χ0n) is 13.7. The quantitative estimate of drug-likeness (QED) is 0.433. The summed E-state index contributed by atoms with van der Waals surface area (Å²) in [6.07, 6.45) is 1.84. The molecule has 0 aliphatic carbocycles. The third-order valence-corrected chi connectivity index (χ3v) is 5.20. The summed E-state index contributed by atoms with van der Waals surface area (Å²) in [7, 11) is 0. The summed E-state index contributed by atoms with van der Waals surface area (Å²) in [6, 6.07) is 6.71. The summed E-state index contributed by atoms with van der Waals surface area (Å²) in [5.41, 5.74) is 2.10. The van der Waals surface area contributed by atoms with Crippen molar-refractivity contribution in [1.29, 1.82) is 0 Å². The van der Waals surface area contributed by atoms with E-state index < -0.39 is 0 Å². The van der Waals surface area contributed by atoms with E-state index in [9.17, 15) is 9.59 Å². The van der Waals surface area contributed by atoms with E-state index in [-0.39, 0.29) is 11.9 Å². The van der Waals surface area contributed by atoms with Crippen LogP contribution in [-0.4, -0.2) is 29.2 Å². The summed E-state index contributed by atoms with van der Waals surface area (Å²) in [6.45, 7) is 4.40. The molecule has 0 saturated heterocycles. The third kappa shape index (κ3) is 5.98. The summed E-state index contributed by atoms with van der Waals surface area (Å²) in [4.78, 5) is 28.0. The topological polar surface area (TPSA) is 68.3 Å². The summed E-state index contributed by atoms with van der Waals surface area (Å²) >= 11 is 2.94. The molecule has 1 aromatic heterocycles. The van der Waals surface area contributed by atoms with E-state index >= 15 is 0 Å². The predicted molar refractivity (Wildman–Crippen MR) is 97.8 cm³/mol. The fourth-order valence-electron chi connectivity index (χ4n) is 1.81. The van der Waals surface area contributed by atoms with E-state index in [1.807, 2.05) is 19.2 Å². The van der Waals surface area contributed by atoms with Gasteiger partial charge in [0.05, 0.1) is 17.9 Å². The van der Waals surface area contributed by atoms with Crippen molar-refractivity contribution >= 4 is 40.7 Å². The van der Waals surface area contributed by atoms with Crippen LogP contribution >= 0.6 is 23.1 Å². The summed E-state index contributed by atoms with van der Waals surface area (Å²) < 4.78 is 6.03. The number of thioether (sulfide) groups is 1. The highest BCUT2D eigenvalue weighted by molar-refractivity contribution is 8.01. The van der Waals surface area contributed by atoms with Gasteiger partial charge in [0.2, 0.25) is 5.91 Å². The van der Waals surface area contributed by atoms with Crippen LogP contribution in [0.25, 0.3) is 0 Å². The van der Waals surface area contributed by atoms with Gasteiger partial charge in [-0.05, 0) is 37.6 Å². The zero-order chi connectivity index (χ0) is 17.4. The Balaban J connectivity index is 1.80. The minimum absolute atomic E-state index is 0.105. The SMILES string of the molecule is CCCCOC(=O)c1ccc(NC(=O)CSc2nc(C)cs2)cc1. The maximum atomic E-state index is 11.9. The van der Waals surface area contributed by atoms with Gasteiger partial charge in [0.25, 0.3) is 0 Å². The molecule has 1 amide bonds. The number of ether oxygens (including phenoxy) is 1. The van der Waals surface area contributed by atoms with Gasteiger partial charge in [0, 0.05) is 16.8 Å². The lowest BCUT2D eigenvalue weighted by Gasteiger charge is -2.06. The van der Waals surface area contributed by atoms with Crippen LogP contribution in [-0.2, 0) is 9.53 Å². The molecule has 2 aromatic rings. The second-order valence-electron chi connectivity index (χ2n) is 5.16. The van der Waals surface area contributed by atoms with Crippen molar-refractivity contribution in [2.75, 3.05) is 17.7 Å². The van der Waals surface area contributed by atoms with E-state index in [0.717, 1.165) is 22.9 Å².